The van der Waals surface area contributed by atoms with Crippen molar-refractivity contribution in [1.82, 2.24) is 15.5 Å². The number of rotatable bonds is 8. The van der Waals surface area contributed by atoms with Gasteiger partial charge in [0.15, 0.2) is 12.6 Å². The predicted molar refractivity (Wildman–Crippen MR) is 119 cm³/mol. The molecule has 0 bridgehead atoms. The topological polar surface area (TPSA) is 66.0 Å². The number of likely N-dealkylation sites (tertiary alicyclic amines) is 1. The minimum atomic E-state index is -0.0382. The molecule has 1 amide bonds. The molecule has 150 valence electrons. The highest BCUT2D eigenvalue weighted by Crippen LogP contribution is 2.18. The zero-order valence-electron chi connectivity index (χ0n) is 16.1. The van der Waals surface area contributed by atoms with E-state index >= 15 is 0 Å². The lowest BCUT2D eigenvalue weighted by atomic mass is 10.1. The Morgan fingerprint density at radius 3 is 2.56 bits per heavy atom. The van der Waals surface area contributed by atoms with Crippen LogP contribution in [0, 0.1) is 0 Å². The molecule has 1 saturated heterocycles. The first kappa shape index (κ1) is 21.8. The molecule has 3 rings (SSSR count). The van der Waals surface area contributed by atoms with Crippen molar-refractivity contribution in [2.24, 2.45) is 4.99 Å². The molecule has 1 aromatic rings. The van der Waals surface area contributed by atoms with Crippen molar-refractivity contribution in [2.75, 3.05) is 32.8 Å². The van der Waals surface area contributed by atoms with Crippen LogP contribution in [0.2, 0.25) is 0 Å². The van der Waals surface area contributed by atoms with E-state index in [1.165, 1.54) is 18.4 Å². The number of ether oxygens (including phenoxy) is 1. The first-order chi connectivity index (χ1) is 12.7. The van der Waals surface area contributed by atoms with Crippen LogP contribution in [0.25, 0.3) is 0 Å². The van der Waals surface area contributed by atoms with E-state index in [1.807, 2.05) is 24.3 Å². The molecule has 27 heavy (non-hydrogen) atoms. The summed E-state index contributed by atoms with van der Waals surface area (Å²) in [5.41, 5.74) is 1.22. The summed E-state index contributed by atoms with van der Waals surface area (Å²) in [5.74, 6) is 1.73. The second-order valence-electron chi connectivity index (χ2n) is 6.95. The van der Waals surface area contributed by atoms with Crippen LogP contribution >= 0.6 is 24.0 Å². The van der Waals surface area contributed by atoms with Gasteiger partial charge in [-0.15, -0.1) is 24.0 Å². The third kappa shape index (κ3) is 7.56. The lowest BCUT2D eigenvalue weighted by Gasteiger charge is -2.20. The number of amides is 1. The normalized spacial score (nSPS) is 16.6. The van der Waals surface area contributed by atoms with Gasteiger partial charge in [-0.1, -0.05) is 12.1 Å². The number of benzene rings is 1. The van der Waals surface area contributed by atoms with Gasteiger partial charge in [-0.2, -0.15) is 0 Å². The van der Waals surface area contributed by atoms with Crippen LogP contribution in [0.5, 0.6) is 5.75 Å². The van der Waals surface area contributed by atoms with E-state index in [2.05, 4.69) is 22.5 Å². The van der Waals surface area contributed by atoms with Gasteiger partial charge in [0.05, 0.1) is 0 Å². The Bertz CT molecular complexity index is 611. The number of halogens is 1. The van der Waals surface area contributed by atoms with E-state index < -0.39 is 0 Å². The molecule has 1 aliphatic heterocycles. The lowest BCUT2D eigenvalue weighted by Crippen LogP contribution is -2.39. The largest absolute Gasteiger partial charge is 0.484 e. The van der Waals surface area contributed by atoms with E-state index in [1.54, 1.807) is 0 Å². The summed E-state index contributed by atoms with van der Waals surface area (Å²) < 4.78 is 5.54. The maximum atomic E-state index is 11.6. The summed E-state index contributed by atoms with van der Waals surface area (Å²) in [6, 6.07) is 8.32. The van der Waals surface area contributed by atoms with Crippen molar-refractivity contribution in [3.05, 3.63) is 29.8 Å². The van der Waals surface area contributed by atoms with Crippen molar-refractivity contribution in [1.29, 1.82) is 0 Å². The van der Waals surface area contributed by atoms with Crippen LogP contribution in [0.3, 0.4) is 0 Å². The number of guanidine groups is 1. The third-order valence-electron chi connectivity index (χ3n) is 4.64. The van der Waals surface area contributed by atoms with Crippen LogP contribution in [0.15, 0.2) is 29.3 Å². The number of aliphatic imine (C=N–C) groups is 1. The highest BCUT2D eigenvalue weighted by Gasteiger charge is 2.23. The van der Waals surface area contributed by atoms with Gasteiger partial charge in [0.25, 0.3) is 5.91 Å². The van der Waals surface area contributed by atoms with Crippen molar-refractivity contribution >= 4 is 35.8 Å². The quantitative estimate of drug-likeness (QED) is 0.337. The van der Waals surface area contributed by atoms with Crippen LogP contribution in [-0.4, -0.2) is 55.6 Å². The summed E-state index contributed by atoms with van der Waals surface area (Å²) in [6.07, 6.45) is 5.59. The zero-order valence-corrected chi connectivity index (χ0v) is 18.4. The van der Waals surface area contributed by atoms with Gasteiger partial charge < -0.3 is 20.3 Å². The Morgan fingerprint density at radius 1 is 1.22 bits per heavy atom. The SMILES string of the molecule is CCNC(=NCCc1ccc(OCC(=O)NC2CC2)cc1)N1CCCC1.I. The molecule has 2 aliphatic rings. The first-order valence-electron chi connectivity index (χ1n) is 9.79. The minimum Gasteiger partial charge on any atom is -0.484 e. The molecule has 2 N–H and O–H groups in total. The average Bonchev–Trinajstić information content (AvgIpc) is 3.29. The first-order valence-corrected chi connectivity index (χ1v) is 9.79. The molecule has 1 saturated carbocycles. The number of carbonyl (C=O) groups excluding carboxylic acids is 1. The molecule has 7 heteroatoms. The van der Waals surface area contributed by atoms with E-state index in [0.29, 0.717) is 6.04 Å². The molecule has 1 aliphatic carbocycles. The van der Waals surface area contributed by atoms with Gasteiger partial charge in [-0.3, -0.25) is 9.79 Å². The number of hydrogen-bond donors (Lipinski definition) is 2. The molecular formula is C20H31IN4O2. The summed E-state index contributed by atoms with van der Waals surface area (Å²) in [4.78, 5) is 18.7. The van der Waals surface area contributed by atoms with Crippen molar-refractivity contribution in [3.8, 4) is 5.75 Å². The number of carbonyl (C=O) groups is 1. The van der Waals surface area contributed by atoms with Gasteiger partial charge in [0.1, 0.15) is 5.75 Å². The maximum absolute atomic E-state index is 11.6. The van der Waals surface area contributed by atoms with Crippen LogP contribution in [0.4, 0.5) is 0 Å². The minimum absolute atomic E-state index is 0. The Morgan fingerprint density at radius 2 is 1.93 bits per heavy atom. The number of nitrogens with zero attached hydrogens (tertiary/aromatic N) is 2. The Hall–Kier alpha value is -1.51. The van der Waals surface area contributed by atoms with Crippen LogP contribution in [-0.2, 0) is 11.2 Å². The van der Waals surface area contributed by atoms with Crippen molar-refractivity contribution in [2.45, 2.75) is 45.1 Å². The van der Waals surface area contributed by atoms with Gasteiger partial charge in [0.2, 0.25) is 0 Å². The zero-order chi connectivity index (χ0) is 18.2. The molecule has 6 nitrogen and oxygen atoms in total. The second-order valence-corrected chi connectivity index (χ2v) is 6.95. The smallest absolute Gasteiger partial charge is 0.258 e. The number of nitrogens with one attached hydrogen (secondary N) is 2. The lowest BCUT2D eigenvalue weighted by molar-refractivity contribution is -0.123. The summed E-state index contributed by atoms with van der Waals surface area (Å²) in [7, 11) is 0. The fraction of sp³-hybridized carbons (Fsp3) is 0.600. The molecule has 0 atom stereocenters. The number of hydrogen-bond acceptors (Lipinski definition) is 3. The third-order valence-corrected chi connectivity index (χ3v) is 4.64. The second kappa shape index (κ2) is 11.4. The summed E-state index contributed by atoms with van der Waals surface area (Å²) in [5, 5.41) is 6.30. The summed E-state index contributed by atoms with van der Waals surface area (Å²) >= 11 is 0. The van der Waals surface area contributed by atoms with Crippen molar-refractivity contribution < 1.29 is 9.53 Å². The molecular weight excluding hydrogens is 455 g/mol. The molecule has 1 aromatic carbocycles. The van der Waals surface area contributed by atoms with Gasteiger partial charge >= 0.3 is 0 Å². The molecule has 0 radical (unpaired) electrons. The predicted octanol–water partition coefficient (Wildman–Crippen LogP) is 2.57. The van der Waals surface area contributed by atoms with E-state index in [-0.39, 0.29) is 36.5 Å². The fourth-order valence-corrected chi connectivity index (χ4v) is 3.04. The molecule has 1 heterocycles. The van der Waals surface area contributed by atoms with Crippen LogP contribution in [0.1, 0.15) is 38.2 Å². The van der Waals surface area contributed by atoms with E-state index in [9.17, 15) is 4.79 Å². The van der Waals surface area contributed by atoms with Crippen molar-refractivity contribution in [3.63, 3.8) is 0 Å². The summed E-state index contributed by atoms with van der Waals surface area (Å²) in [6.45, 7) is 6.06. The van der Waals surface area contributed by atoms with Crippen LogP contribution < -0.4 is 15.4 Å². The standard InChI is InChI=1S/C20H30N4O2.HI/c1-2-21-20(24-13-3-4-14-24)22-12-11-16-5-9-18(10-6-16)26-15-19(25)23-17-7-8-17;/h5-6,9-10,17H,2-4,7-8,11-15H2,1H3,(H,21,22)(H,23,25);1H. The maximum Gasteiger partial charge on any atom is 0.258 e. The molecule has 0 aromatic heterocycles. The Labute approximate surface area is 179 Å². The Balaban J connectivity index is 0.00000261. The molecule has 0 spiro atoms. The Kier molecular flexibility index (Phi) is 9.17. The molecule has 0 unspecified atom stereocenters. The fourth-order valence-electron chi connectivity index (χ4n) is 3.04. The van der Waals surface area contributed by atoms with Gasteiger partial charge in [-0.25, -0.2) is 0 Å². The highest BCUT2D eigenvalue weighted by molar-refractivity contribution is 14.0. The monoisotopic (exact) mass is 486 g/mol. The van der Waals surface area contributed by atoms with E-state index in [4.69, 9.17) is 9.73 Å². The van der Waals surface area contributed by atoms with Gasteiger partial charge in [0, 0.05) is 32.2 Å². The average molecular weight is 486 g/mol. The van der Waals surface area contributed by atoms with E-state index in [0.717, 1.165) is 57.2 Å². The van der Waals surface area contributed by atoms with Gasteiger partial charge in [-0.05, 0) is 56.7 Å². The highest BCUT2D eigenvalue weighted by atomic mass is 127. The molecule has 2 fully saturated rings.